The zero-order chi connectivity index (χ0) is 11.6. The Morgan fingerprint density at radius 3 is 2.00 bits per heavy atom. The van der Waals surface area contributed by atoms with Crippen LogP contribution >= 0.6 is 0 Å². The molecule has 1 N–H and O–H groups in total. The van der Waals surface area contributed by atoms with E-state index in [2.05, 4.69) is 5.32 Å². The summed E-state index contributed by atoms with van der Waals surface area (Å²) in [5, 5.41) is 3.21. The molecule has 0 aromatic carbocycles. The van der Waals surface area contributed by atoms with Crippen LogP contribution in [0.3, 0.4) is 0 Å². The minimum Gasteiger partial charge on any atom is -0.317 e. The van der Waals surface area contributed by atoms with Crippen molar-refractivity contribution in [1.29, 1.82) is 0 Å². The van der Waals surface area contributed by atoms with E-state index < -0.39 is 10.2 Å². The van der Waals surface area contributed by atoms with Crippen molar-refractivity contribution in [1.82, 2.24) is 13.9 Å². The minimum atomic E-state index is -3.15. The highest BCUT2D eigenvalue weighted by molar-refractivity contribution is 7.86. The van der Waals surface area contributed by atoms with Crippen molar-refractivity contribution in [2.24, 2.45) is 0 Å². The Hall–Kier alpha value is -0.170. The summed E-state index contributed by atoms with van der Waals surface area (Å²) < 4.78 is 27.7. The van der Waals surface area contributed by atoms with Crippen LogP contribution in [0.25, 0.3) is 0 Å². The summed E-state index contributed by atoms with van der Waals surface area (Å²) in [7, 11) is -1.21. The Kier molecular flexibility index (Phi) is 3.84. The van der Waals surface area contributed by atoms with E-state index in [4.69, 9.17) is 0 Å². The summed E-state index contributed by atoms with van der Waals surface area (Å²) >= 11 is 0. The van der Waals surface area contributed by atoms with Gasteiger partial charge in [-0.05, 0) is 32.7 Å². The summed E-state index contributed by atoms with van der Waals surface area (Å²) in [6.45, 7) is 2.72. The molecule has 94 valence electrons. The lowest BCUT2D eigenvalue weighted by atomic mass is 10.1. The van der Waals surface area contributed by atoms with Crippen molar-refractivity contribution in [3.8, 4) is 0 Å². The van der Waals surface area contributed by atoms with Gasteiger partial charge < -0.3 is 5.32 Å². The molecule has 0 amide bonds. The topological polar surface area (TPSA) is 52.7 Å². The monoisotopic (exact) mass is 247 g/mol. The molecule has 6 heteroatoms. The van der Waals surface area contributed by atoms with Gasteiger partial charge in [0.25, 0.3) is 10.2 Å². The Morgan fingerprint density at radius 2 is 1.50 bits per heavy atom. The minimum absolute atomic E-state index is 0.477. The maximum absolute atomic E-state index is 12.2. The number of rotatable bonds is 3. The SMILES string of the molecule is CNC1CCN(S(=O)(=O)N2CCCC2)CC1. The first-order valence-corrected chi connectivity index (χ1v) is 7.47. The van der Waals surface area contributed by atoms with E-state index >= 15 is 0 Å². The highest BCUT2D eigenvalue weighted by Crippen LogP contribution is 2.20. The average molecular weight is 247 g/mol. The fourth-order valence-electron chi connectivity index (χ4n) is 2.46. The Bertz CT molecular complexity index is 317. The molecule has 2 aliphatic heterocycles. The molecule has 0 spiro atoms. The standard InChI is InChI=1S/C10H21N3O2S/c1-11-10-4-8-13(9-5-10)16(14,15)12-6-2-3-7-12/h10-11H,2-9H2,1H3. The molecule has 5 nitrogen and oxygen atoms in total. The summed E-state index contributed by atoms with van der Waals surface area (Å²) in [5.74, 6) is 0. The second-order valence-corrected chi connectivity index (χ2v) is 6.50. The van der Waals surface area contributed by atoms with Gasteiger partial charge in [0.2, 0.25) is 0 Å². The molecule has 2 heterocycles. The maximum atomic E-state index is 12.2. The molecule has 0 aromatic heterocycles. The third-order valence-electron chi connectivity index (χ3n) is 3.58. The van der Waals surface area contributed by atoms with E-state index in [0.717, 1.165) is 25.7 Å². The molecule has 0 radical (unpaired) electrons. The lowest BCUT2D eigenvalue weighted by molar-refractivity contribution is 0.280. The van der Waals surface area contributed by atoms with Crippen LogP contribution in [-0.4, -0.2) is 56.3 Å². The van der Waals surface area contributed by atoms with Crippen LogP contribution < -0.4 is 5.32 Å². The maximum Gasteiger partial charge on any atom is 0.281 e. The molecule has 0 aromatic rings. The van der Waals surface area contributed by atoms with Crippen LogP contribution in [0.4, 0.5) is 0 Å². The van der Waals surface area contributed by atoms with Gasteiger partial charge in [0.15, 0.2) is 0 Å². The predicted octanol–water partition coefficient (Wildman–Crippen LogP) is 0.0108. The molecule has 0 aliphatic carbocycles. The summed E-state index contributed by atoms with van der Waals surface area (Å²) in [6.07, 6.45) is 3.85. The Morgan fingerprint density at radius 1 is 1.00 bits per heavy atom. The molecule has 0 bridgehead atoms. The molecule has 16 heavy (non-hydrogen) atoms. The molecule has 2 rings (SSSR count). The van der Waals surface area contributed by atoms with Crippen molar-refractivity contribution < 1.29 is 8.42 Å². The van der Waals surface area contributed by atoms with Crippen LogP contribution in [-0.2, 0) is 10.2 Å². The molecule has 0 atom stereocenters. The predicted molar refractivity (Wildman–Crippen MR) is 63.4 cm³/mol. The van der Waals surface area contributed by atoms with Crippen molar-refractivity contribution in [2.45, 2.75) is 31.7 Å². The largest absolute Gasteiger partial charge is 0.317 e. The van der Waals surface area contributed by atoms with E-state index in [1.54, 1.807) is 8.61 Å². The molecular weight excluding hydrogens is 226 g/mol. The van der Waals surface area contributed by atoms with Crippen LogP contribution in [0, 0.1) is 0 Å². The van der Waals surface area contributed by atoms with Crippen LogP contribution in [0.1, 0.15) is 25.7 Å². The molecule has 2 saturated heterocycles. The molecule has 2 fully saturated rings. The van der Waals surface area contributed by atoms with Crippen molar-refractivity contribution in [3.63, 3.8) is 0 Å². The summed E-state index contributed by atoms with van der Waals surface area (Å²) in [5.41, 5.74) is 0. The van der Waals surface area contributed by atoms with Crippen molar-refractivity contribution in [3.05, 3.63) is 0 Å². The number of piperidine rings is 1. The number of nitrogens with one attached hydrogen (secondary N) is 1. The molecule has 2 aliphatic rings. The van der Waals surface area contributed by atoms with Gasteiger partial charge in [0.05, 0.1) is 0 Å². The highest BCUT2D eigenvalue weighted by Gasteiger charge is 2.33. The first-order valence-electron chi connectivity index (χ1n) is 6.07. The van der Waals surface area contributed by atoms with Crippen LogP contribution in [0.15, 0.2) is 0 Å². The van der Waals surface area contributed by atoms with Crippen LogP contribution in [0.2, 0.25) is 0 Å². The van der Waals surface area contributed by atoms with Gasteiger partial charge in [-0.25, -0.2) is 0 Å². The highest BCUT2D eigenvalue weighted by atomic mass is 32.2. The molecule has 0 saturated carbocycles. The lowest BCUT2D eigenvalue weighted by Crippen LogP contribution is -2.48. The number of hydrogen-bond donors (Lipinski definition) is 1. The smallest absolute Gasteiger partial charge is 0.281 e. The van der Waals surface area contributed by atoms with E-state index in [1.807, 2.05) is 7.05 Å². The van der Waals surface area contributed by atoms with E-state index in [9.17, 15) is 8.42 Å². The van der Waals surface area contributed by atoms with Gasteiger partial charge in [-0.3, -0.25) is 0 Å². The zero-order valence-electron chi connectivity index (χ0n) is 9.85. The van der Waals surface area contributed by atoms with Gasteiger partial charge in [0.1, 0.15) is 0 Å². The lowest BCUT2D eigenvalue weighted by Gasteiger charge is -2.33. The van der Waals surface area contributed by atoms with E-state index in [0.29, 0.717) is 32.2 Å². The first kappa shape index (κ1) is 12.3. The van der Waals surface area contributed by atoms with Gasteiger partial charge >= 0.3 is 0 Å². The van der Waals surface area contributed by atoms with Gasteiger partial charge in [-0.2, -0.15) is 17.0 Å². The second kappa shape index (κ2) is 5.00. The third-order valence-corrected chi connectivity index (χ3v) is 5.62. The van der Waals surface area contributed by atoms with Gasteiger partial charge in [0, 0.05) is 32.2 Å². The average Bonchev–Trinajstić information content (AvgIpc) is 2.83. The first-order chi connectivity index (χ1) is 7.64. The fourth-order valence-corrected chi connectivity index (χ4v) is 4.18. The Labute approximate surface area is 98.0 Å². The van der Waals surface area contributed by atoms with E-state index in [-0.39, 0.29) is 0 Å². The summed E-state index contributed by atoms with van der Waals surface area (Å²) in [6, 6.07) is 0.477. The summed E-state index contributed by atoms with van der Waals surface area (Å²) in [4.78, 5) is 0. The van der Waals surface area contributed by atoms with Gasteiger partial charge in [-0.15, -0.1) is 0 Å². The number of nitrogens with zero attached hydrogens (tertiary/aromatic N) is 2. The fraction of sp³-hybridized carbons (Fsp3) is 1.00. The normalized spacial score (nSPS) is 26.3. The Balaban J connectivity index is 1.97. The quantitative estimate of drug-likeness (QED) is 0.764. The van der Waals surface area contributed by atoms with Crippen LogP contribution in [0.5, 0.6) is 0 Å². The molecular formula is C10H21N3O2S. The van der Waals surface area contributed by atoms with Crippen molar-refractivity contribution in [2.75, 3.05) is 33.2 Å². The molecule has 0 unspecified atom stereocenters. The zero-order valence-corrected chi connectivity index (χ0v) is 10.7. The second-order valence-electron chi connectivity index (χ2n) is 4.58. The number of hydrogen-bond acceptors (Lipinski definition) is 3. The van der Waals surface area contributed by atoms with Gasteiger partial charge in [-0.1, -0.05) is 0 Å². The van der Waals surface area contributed by atoms with Crippen molar-refractivity contribution >= 4 is 10.2 Å². The third kappa shape index (κ3) is 2.40. The van der Waals surface area contributed by atoms with E-state index in [1.165, 1.54) is 0 Å².